The van der Waals surface area contributed by atoms with E-state index in [0.717, 1.165) is 5.69 Å². The summed E-state index contributed by atoms with van der Waals surface area (Å²) in [6.45, 7) is 5.69. The summed E-state index contributed by atoms with van der Waals surface area (Å²) in [5.41, 5.74) is 1.41. The lowest BCUT2D eigenvalue weighted by Crippen LogP contribution is -2.11. The van der Waals surface area contributed by atoms with E-state index >= 15 is 0 Å². The van der Waals surface area contributed by atoms with E-state index in [1.807, 2.05) is 20.8 Å². The molecule has 0 fully saturated rings. The fourth-order valence-electron chi connectivity index (χ4n) is 2.66. The van der Waals surface area contributed by atoms with Gasteiger partial charge in [0.1, 0.15) is 10.8 Å². The van der Waals surface area contributed by atoms with Crippen LogP contribution in [-0.2, 0) is 16.9 Å². The number of hydrogen-bond donors (Lipinski definition) is 0. The lowest BCUT2D eigenvalue weighted by Gasteiger charge is -2.13. The zero-order valence-corrected chi connectivity index (χ0v) is 16.0. The Kier molecular flexibility index (Phi) is 5.04. The molecule has 0 aliphatic rings. The van der Waals surface area contributed by atoms with E-state index in [1.54, 1.807) is 18.7 Å². The van der Waals surface area contributed by atoms with Crippen LogP contribution in [0.3, 0.4) is 0 Å². The number of rotatable bonds is 4. The summed E-state index contributed by atoms with van der Waals surface area (Å²) < 4.78 is 33.4. The Morgan fingerprint density at radius 1 is 1.13 bits per heavy atom. The molecule has 0 saturated heterocycles. The molecule has 7 heteroatoms. The van der Waals surface area contributed by atoms with Gasteiger partial charge in [-0.25, -0.2) is 8.42 Å². The summed E-state index contributed by atoms with van der Waals surface area (Å²) >= 11 is 11.9. The molecule has 2 rings (SSSR count). The van der Waals surface area contributed by atoms with E-state index in [1.165, 1.54) is 18.2 Å². The summed E-state index contributed by atoms with van der Waals surface area (Å²) in [5.74, 6) is 0.568. The summed E-state index contributed by atoms with van der Waals surface area (Å²) in [6, 6.07) is 4.31. The zero-order valence-electron chi connectivity index (χ0n) is 13.6. The van der Waals surface area contributed by atoms with Crippen molar-refractivity contribution >= 4 is 33.0 Å². The molecular formula is C16H19Cl2NO3S. The van der Waals surface area contributed by atoms with Crippen LogP contribution in [0.4, 0.5) is 0 Å². The van der Waals surface area contributed by atoms with Crippen LogP contribution in [0.1, 0.15) is 31.0 Å². The molecule has 0 aliphatic carbocycles. The minimum absolute atomic E-state index is 0.0238. The fraction of sp³-hybridized carbons (Fsp3) is 0.375. The standard InChI is InChI=1S/C16H19Cl2NO3S/c1-9(2)14-15(22-5)10(3)19(4)16(14)23(20,21)13-7-11(17)6-12(18)8-13/h6-9H,1-5H3. The lowest BCUT2D eigenvalue weighted by molar-refractivity contribution is 0.404. The molecule has 0 N–H and O–H groups in total. The molecule has 0 unspecified atom stereocenters. The zero-order chi connectivity index (χ0) is 17.5. The fourth-order valence-corrected chi connectivity index (χ4v) is 5.22. The predicted molar refractivity (Wildman–Crippen MR) is 92.7 cm³/mol. The minimum Gasteiger partial charge on any atom is -0.495 e. The molecule has 0 aliphatic heterocycles. The molecular weight excluding hydrogens is 357 g/mol. The van der Waals surface area contributed by atoms with Gasteiger partial charge in [0.05, 0.1) is 17.7 Å². The molecule has 1 aromatic carbocycles. The van der Waals surface area contributed by atoms with Crippen molar-refractivity contribution in [1.29, 1.82) is 0 Å². The smallest absolute Gasteiger partial charge is 0.222 e. The van der Waals surface area contributed by atoms with E-state index in [0.29, 0.717) is 11.3 Å². The third kappa shape index (κ3) is 3.10. The molecule has 126 valence electrons. The predicted octanol–water partition coefficient (Wildman–Crippen LogP) is 4.61. The average molecular weight is 376 g/mol. The highest BCUT2D eigenvalue weighted by atomic mass is 35.5. The van der Waals surface area contributed by atoms with Crippen molar-refractivity contribution in [2.24, 2.45) is 7.05 Å². The van der Waals surface area contributed by atoms with E-state index in [9.17, 15) is 8.42 Å². The summed E-state index contributed by atoms with van der Waals surface area (Å²) in [4.78, 5) is 0.0696. The highest BCUT2D eigenvalue weighted by Gasteiger charge is 2.32. The summed E-state index contributed by atoms with van der Waals surface area (Å²) in [7, 11) is -0.534. The maximum absolute atomic E-state index is 13.2. The molecule has 1 heterocycles. The molecule has 1 aromatic heterocycles. The first-order chi connectivity index (χ1) is 10.6. The Bertz CT molecular complexity index is 834. The Balaban J connectivity index is 2.84. The molecule has 4 nitrogen and oxygen atoms in total. The Morgan fingerprint density at radius 2 is 1.65 bits per heavy atom. The van der Waals surface area contributed by atoms with Crippen molar-refractivity contribution in [1.82, 2.24) is 4.57 Å². The van der Waals surface area contributed by atoms with Crippen molar-refractivity contribution in [3.8, 4) is 5.75 Å². The molecule has 0 amide bonds. The van der Waals surface area contributed by atoms with E-state index in [2.05, 4.69) is 0 Å². The molecule has 0 bridgehead atoms. The number of aromatic nitrogens is 1. The van der Waals surface area contributed by atoms with Crippen molar-refractivity contribution in [3.63, 3.8) is 0 Å². The van der Waals surface area contributed by atoms with Crippen molar-refractivity contribution in [2.45, 2.75) is 36.6 Å². The van der Waals surface area contributed by atoms with Gasteiger partial charge in [-0.05, 0) is 31.0 Å². The van der Waals surface area contributed by atoms with Gasteiger partial charge in [0.15, 0.2) is 0 Å². The van der Waals surface area contributed by atoms with Crippen LogP contribution in [-0.4, -0.2) is 20.1 Å². The van der Waals surface area contributed by atoms with Gasteiger partial charge in [0, 0.05) is 22.7 Å². The van der Waals surface area contributed by atoms with Crippen LogP contribution < -0.4 is 4.74 Å². The molecule has 0 spiro atoms. The number of ether oxygens (including phenoxy) is 1. The van der Waals surface area contributed by atoms with Gasteiger partial charge in [0.25, 0.3) is 0 Å². The van der Waals surface area contributed by atoms with Crippen LogP contribution in [0, 0.1) is 6.92 Å². The van der Waals surface area contributed by atoms with Gasteiger partial charge in [-0.3, -0.25) is 0 Å². The van der Waals surface area contributed by atoms with E-state index in [4.69, 9.17) is 27.9 Å². The van der Waals surface area contributed by atoms with E-state index in [-0.39, 0.29) is 25.9 Å². The maximum Gasteiger partial charge on any atom is 0.222 e. The number of halogens is 2. The quantitative estimate of drug-likeness (QED) is 0.783. The van der Waals surface area contributed by atoms with Crippen LogP contribution in [0.5, 0.6) is 5.75 Å². The van der Waals surface area contributed by atoms with Gasteiger partial charge < -0.3 is 9.30 Å². The van der Waals surface area contributed by atoms with Gasteiger partial charge in [-0.15, -0.1) is 0 Å². The maximum atomic E-state index is 13.2. The largest absolute Gasteiger partial charge is 0.495 e. The Labute approximate surface area is 146 Å². The second kappa shape index (κ2) is 6.38. The molecule has 0 radical (unpaired) electrons. The summed E-state index contributed by atoms with van der Waals surface area (Å²) in [6.07, 6.45) is 0. The number of benzene rings is 1. The van der Waals surface area contributed by atoms with E-state index < -0.39 is 9.84 Å². The molecule has 0 atom stereocenters. The van der Waals surface area contributed by atoms with Gasteiger partial charge in [0.2, 0.25) is 9.84 Å². The molecule has 2 aromatic rings. The summed E-state index contributed by atoms with van der Waals surface area (Å²) in [5, 5.41) is 0.764. The van der Waals surface area contributed by atoms with Gasteiger partial charge >= 0.3 is 0 Å². The minimum atomic E-state index is -3.79. The third-order valence-corrected chi connectivity index (χ3v) is 6.09. The highest BCUT2D eigenvalue weighted by molar-refractivity contribution is 7.91. The van der Waals surface area contributed by atoms with Crippen molar-refractivity contribution in [2.75, 3.05) is 7.11 Å². The lowest BCUT2D eigenvalue weighted by atomic mass is 10.1. The van der Waals surface area contributed by atoms with Crippen molar-refractivity contribution in [3.05, 3.63) is 39.5 Å². The number of sulfone groups is 1. The third-order valence-electron chi connectivity index (χ3n) is 3.79. The Hall–Kier alpha value is -1.17. The number of methoxy groups -OCH3 is 1. The first kappa shape index (κ1) is 18.2. The first-order valence-electron chi connectivity index (χ1n) is 7.05. The average Bonchev–Trinajstić information content (AvgIpc) is 2.70. The number of hydrogen-bond acceptors (Lipinski definition) is 3. The van der Waals surface area contributed by atoms with Gasteiger partial charge in [-0.1, -0.05) is 37.0 Å². The number of nitrogens with zero attached hydrogens (tertiary/aromatic N) is 1. The highest BCUT2D eigenvalue weighted by Crippen LogP contribution is 2.40. The van der Waals surface area contributed by atoms with Crippen LogP contribution in [0.2, 0.25) is 10.0 Å². The first-order valence-corrected chi connectivity index (χ1v) is 9.29. The van der Waals surface area contributed by atoms with Crippen LogP contribution in [0.25, 0.3) is 0 Å². The topological polar surface area (TPSA) is 48.3 Å². The van der Waals surface area contributed by atoms with Gasteiger partial charge in [-0.2, -0.15) is 0 Å². The second-order valence-electron chi connectivity index (χ2n) is 5.66. The Morgan fingerprint density at radius 3 is 2.09 bits per heavy atom. The van der Waals surface area contributed by atoms with Crippen LogP contribution in [0.15, 0.2) is 28.1 Å². The van der Waals surface area contributed by atoms with Crippen molar-refractivity contribution < 1.29 is 13.2 Å². The van der Waals surface area contributed by atoms with Crippen LogP contribution >= 0.6 is 23.2 Å². The monoisotopic (exact) mass is 375 g/mol. The normalized spacial score (nSPS) is 12.0. The molecule has 0 saturated carbocycles. The SMILES string of the molecule is COc1c(C(C)C)c(S(=O)(=O)c2cc(Cl)cc(Cl)c2)n(C)c1C. The second-order valence-corrected chi connectivity index (χ2v) is 8.40. The molecule has 23 heavy (non-hydrogen) atoms.